The van der Waals surface area contributed by atoms with E-state index in [1.807, 2.05) is 11.8 Å². The van der Waals surface area contributed by atoms with Crippen LogP contribution in [0.25, 0.3) is 0 Å². The van der Waals surface area contributed by atoms with Crippen molar-refractivity contribution in [2.75, 3.05) is 11.5 Å². The summed E-state index contributed by atoms with van der Waals surface area (Å²) >= 11 is 3.66. The van der Waals surface area contributed by atoms with Crippen molar-refractivity contribution in [2.45, 2.75) is 19.4 Å². The molecule has 0 radical (unpaired) electrons. The Hall–Kier alpha value is -0.0300. The van der Waals surface area contributed by atoms with E-state index in [-0.39, 0.29) is 0 Å². The normalized spacial score (nSPS) is 13.1. The van der Waals surface area contributed by atoms with Gasteiger partial charge in [0.25, 0.3) is 0 Å². The predicted molar refractivity (Wildman–Crippen MR) is 62.0 cm³/mol. The van der Waals surface area contributed by atoms with Gasteiger partial charge >= 0.3 is 0 Å². The molecule has 1 atom stereocenters. The molecule has 4 heteroatoms. The zero-order chi connectivity index (χ0) is 9.52. The number of hydrazine groups is 1. The molecule has 74 valence electrons. The van der Waals surface area contributed by atoms with E-state index in [2.05, 4.69) is 29.2 Å². The van der Waals surface area contributed by atoms with Crippen LogP contribution in [-0.2, 0) is 0 Å². The molecule has 1 aromatic heterocycles. The fourth-order valence-corrected chi connectivity index (χ4v) is 2.75. The monoisotopic (exact) mass is 216 g/mol. The zero-order valence-corrected chi connectivity index (χ0v) is 9.46. The lowest BCUT2D eigenvalue weighted by atomic mass is 10.2. The second-order valence-electron chi connectivity index (χ2n) is 2.85. The van der Waals surface area contributed by atoms with Crippen LogP contribution in [0.15, 0.2) is 16.8 Å². The third-order valence-corrected chi connectivity index (χ3v) is 3.75. The Morgan fingerprint density at radius 1 is 1.69 bits per heavy atom. The van der Waals surface area contributed by atoms with Crippen LogP contribution < -0.4 is 11.3 Å². The Balaban J connectivity index is 2.35. The van der Waals surface area contributed by atoms with Crippen LogP contribution in [0.5, 0.6) is 0 Å². The Labute approximate surface area is 87.9 Å². The smallest absolute Gasteiger partial charge is 0.0558 e. The molecule has 3 N–H and O–H groups in total. The summed E-state index contributed by atoms with van der Waals surface area (Å²) in [6, 6.07) is 2.43. The summed E-state index contributed by atoms with van der Waals surface area (Å²) in [5.74, 6) is 7.75. The third-order valence-electron chi connectivity index (χ3n) is 1.78. The molecule has 0 aliphatic heterocycles. The summed E-state index contributed by atoms with van der Waals surface area (Å²) in [6.45, 7) is 2.20. The highest BCUT2D eigenvalue weighted by molar-refractivity contribution is 7.99. The van der Waals surface area contributed by atoms with Crippen LogP contribution >= 0.6 is 23.1 Å². The first-order valence-corrected chi connectivity index (χ1v) is 6.54. The summed E-state index contributed by atoms with van der Waals surface area (Å²) in [4.78, 5) is 0. The number of nitrogens with one attached hydrogen (secondary N) is 1. The second kappa shape index (κ2) is 6.43. The second-order valence-corrected chi connectivity index (χ2v) is 4.78. The van der Waals surface area contributed by atoms with Gasteiger partial charge in [-0.2, -0.15) is 23.1 Å². The molecular weight excluding hydrogens is 200 g/mol. The van der Waals surface area contributed by atoms with E-state index in [1.165, 1.54) is 17.7 Å². The van der Waals surface area contributed by atoms with Gasteiger partial charge in [0.05, 0.1) is 6.04 Å². The van der Waals surface area contributed by atoms with Crippen LogP contribution in [0, 0.1) is 0 Å². The van der Waals surface area contributed by atoms with Gasteiger partial charge in [-0.15, -0.1) is 0 Å². The summed E-state index contributed by atoms with van der Waals surface area (Å²) in [6.07, 6.45) is 1.23. The van der Waals surface area contributed by atoms with Gasteiger partial charge in [-0.3, -0.25) is 11.3 Å². The lowest BCUT2D eigenvalue weighted by Gasteiger charge is -2.13. The van der Waals surface area contributed by atoms with Gasteiger partial charge in [-0.05, 0) is 34.6 Å². The number of thiophene rings is 1. The average Bonchev–Trinajstić information content (AvgIpc) is 2.65. The minimum absolute atomic E-state index is 0.308. The standard InChI is InChI=1S/C9H16N2S2/c1-2-4-12-7-9(11-10)8-3-5-13-6-8/h3,5-6,9,11H,2,4,7,10H2,1H3. The van der Waals surface area contributed by atoms with Crippen LogP contribution in [0.4, 0.5) is 0 Å². The first kappa shape index (κ1) is 11.0. The van der Waals surface area contributed by atoms with Crippen molar-refractivity contribution in [3.05, 3.63) is 22.4 Å². The largest absolute Gasteiger partial charge is 0.271 e. The molecule has 0 saturated heterocycles. The molecule has 1 rings (SSSR count). The molecule has 1 aromatic rings. The lowest BCUT2D eigenvalue weighted by molar-refractivity contribution is 0.612. The van der Waals surface area contributed by atoms with E-state index in [1.54, 1.807) is 11.3 Å². The number of hydrogen-bond acceptors (Lipinski definition) is 4. The molecule has 0 fully saturated rings. The van der Waals surface area contributed by atoms with Crippen LogP contribution in [0.1, 0.15) is 24.9 Å². The number of rotatable bonds is 6. The van der Waals surface area contributed by atoms with Crippen molar-refractivity contribution in [2.24, 2.45) is 5.84 Å². The van der Waals surface area contributed by atoms with Crippen molar-refractivity contribution in [1.29, 1.82) is 0 Å². The van der Waals surface area contributed by atoms with Crippen LogP contribution in [0.3, 0.4) is 0 Å². The number of thioether (sulfide) groups is 1. The van der Waals surface area contributed by atoms with Crippen LogP contribution in [-0.4, -0.2) is 11.5 Å². The number of nitrogens with two attached hydrogens (primary N) is 1. The molecule has 0 spiro atoms. The summed E-state index contributed by atoms with van der Waals surface area (Å²) < 4.78 is 0. The summed E-state index contributed by atoms with van der Waals surface area (Å²) in [5.41, 5.74) is 4.15. The maximum atomic E-state index is 5.49. The molecule has 2 nitrogen and oxygen atoms in total. The molecule has 1 unspecified atom stereocenters. The Morgan fingerprint density at radius 3 is 3.08 bits per heavy atom. The topological polar surface area (TPSA) is 38.0 Å². The van der Waals surface area contributed by atoms with E-state index < -0.39 is 0 Å². The molecule has 0 bridgehead atoms. The van der Waals surface area contributed by atoms with Crippen LogP contribution in [0.2, 0.25) is 0 Å². The SMILES string of the molecule is CCCSCC(NN)c1ccsc1. The highest BCUT2D eigenvalue weighted by Gasteiger charge is 2.08. The van der Waals surface area contributed by atoms with Crippen molar-refractivity contribution < 1.29 is 0 Å². The molecule has 1 heterocycles. The lowest BCUT2D eigenvalue weighted by Crippen LogP contribution is -2.29. The van der Waals surface area contributed by atoms with Crippen molar-refractivity contribution >= 4 is 23.1 Å². The minimum Gasteiger partial charge on any atom is -0.271 e. The van der Waals surface area contributed by atoms with Crippen molar-refractivity contribution in [3.8, 4) is 0 Å². The van der Waals surface area contributed by atoms with Crippen molar-refractivity contribution in [1.82, 2.24) is 5.43 Å². The molecule has 0 amide bonds. The first-order valence-electron chi connectivity index (χ1n) is 4.44. The highest BCUT2D eigenvalue weighted by Crippen LogP contribution is 2.20. The fraction of sp³-hybridized carbons (Fsp3) is 0.556. The summed E-state index contributed by atoms with van der Waals surface area (Å²) in [5, 5.41) is 4.24. The Bertz CT molecular complexity index is 211. The Kier molecular flexibility index (Phi) is 5.46. The van der Waals surface area contributed by atoms with Gasteiger partial charge in [0.15, 0.2) is 0 Å². The molecule has 0 aliphatic carbocycles. The molecular formula is C9H16N2S2. The fourth-order valence-electron chi connectivity index (χ4n) is 1.06. The molecule has 13 heavy (non-hydrogen) atoms. The molecule has 0 aromatic carbocycles. The van der Waals surface area contributed by atoms with Crippen molar-refractivity contribution in [3.63, 3.8) is 0 Å². The minimum atomic E-state index is 0.308. The first-order chi connectivity index (χ1) is 6.38. The average molecular weight is 216 g/mol. The van der Waals surface area contributed by atoms with Gasteiger partial charge in [0, 0.05) is 5.75 Å². The number of hydrogen-bond donors (Lipinski definition) is 2. The van der Waals surface area contributed by atoms with E-state index in [0.29, 0.717) is 6.04 Å². The maximum absolute atomic E-state index is 5.49. The van der Waals surface area contributed by atoms with E-state index in [9.17, 15) is 0 Å². The molecule has 0 saturated carbocycles. The zero-order valence-electron chi connectivity index (χ0n) is 7.82. The third kappa shape index (κ3) is 3.68. The van der Waals surface area contributed by atoms with Gasteiger partial charge in [0.1, 0.15) is 0 Å². The highest BCUT2D eigenvalue weighted by atomic mass is 32.2. The van der Waals surface area contributed by atoms with E-state index in [4.69, 9.17) is 5.84 Å². The summed E-state index contributed by atoms with van der Waals surface area (Å²) in [7, 11) is 0. The maximum Gasteiger partial charge on any atom is 0.0558 e. The quantitative estimate of drug-likeness (QED) is 0.436. The van der Waals surface area contributed by atoms with Gasteiger partial charge in [-0.1, -0.05) is 6.92 Å². The molecule has 0 aliphatic rings. The Morgan fingerprint density at radius 2 is 2.54 bits per heavy atom. The predicted octanol–water partition coefficient (Wildman–Crippen LogP) is 2.40. The van der Waals surface area contributed by atoms with E-state index in [0.717, 1.165) is 5.75 Å². The van der Waals surface area contributed by atoms with E-state index >= 15 is 0 Å². The van der Waals surface area contributed by atoms with Gasteiger partial charge < -0.3 is 0 Å². The van der Waals surface area contributed by atoms with Gasteiger partial charge in [0.2, 0.25) is 0 Å². The van der Waals surface area contributed by atoms with Gasteiger partial charge in [-0.25, -0.2) is 0 Å².